The van der Waals surface area contributed by atoms with Crippen LogP contribution in [0.5, 0.6) is 0 Å². The number of ether oxygens (including phenoxy) is 2. The van der Waals surface area contributed by atoms with E-state index in [0.717, 1.165) is 51.4 Å². The van der Waals surface area contributed by atoms with Gasteiger partial charge in [-0.1, -0.05) is 64.7 Å². The van der Waals surface area contributed by atoms with Gasteiger partial charge >= 0.3 is 89.4 Å². The molecule has 0 rings (SSSR count). The monoisotopic (exact) mass is 802 g/mol. The molecule has 0 aromatic carbocycles. The minimum Gasteiger partial charge on any atom is -0.691 e. The number of unbranched alkanes of at least 4 members (excludes halogenated alkanes) is 9. The topological polar surface area (TPSA) is 94.1 Å². The molecule has 0 saturated heterocycles. The summed E-state index contributed by atoms with van der Waals surface area (Å²) < 4.78 is 227. The van der Waals surface area contributed by atoms with Crippen LogP contribution in [-0.4, -0.2) is 78.3 Å². The van der Waals surface area contributed by atoms with Gasteiger partial charge in [-0.15, -0.1) is 0 Å². The summed E-state index contributed by atoms with van der Waals surface area (Å²) in [6.45, 7) is -1.68. The zero-order valence-electron chi connectivity index (χ0n) is 26.2. The van der Waals surface area contributed by atoms with E-state index in [-0.39, 0.29) is 42.6 Å². The first-order valence-corrected chi connectivity index (χ1v) is 14.9. The van der Waals surface area contributed by atoms with E-state index in [1.54, 1.807) is 0 Å². The van der Waals surface area contributed by atoms with Crippen LogP contribution < -0.4 is 34.8 Å². The largest absolute Gasteiger partial charge is 1.00 e. The van der Waals surface area contributed by atoms with E-state index in [2.05, 4.69) is 21.0 Å². The van der Waals surface area contributed by atoms with Crippen LogP contribution in [0.15, 0.2) is 0 Å². The Morgan fingerprint density at radius 1 is 0.640 bits per heavy atom. The average Bonchev–Trinajstić information content (AvgIpc) is 2.99. The van der Waals surface area contributed by atoms with Crippen LogP contribution >= 0.6 is 12.0 Å². The van der Waals surface area contributed by atoms with E-state index in [0.29, 0.717) is 6.42 Å². The number of hydrogen-bond acceptors (Lipinski definition) is 8. The van der Waals surface area contributed by atoms with E-state index in [1.165, 1.54) is 0 Å². The Balaban J connectivity index is 0. The van der Waals surface area contributed by atoms with Gasteiger partial charge in [0.25, 0.3) is 0 Å². The molecule has 292 valence electrons. The second kappa shape index (κ2) is 21.1. The maximum atomic E-state index is 14.1. The molecule has 0 aromatic heterocycles. The predicted molar refractivity (Wildman–Crippen MR) is 133 cm³/mol. The minimum atomic E-state index is -8.62. The molecule has 0 heterocycles. The second-order valence-electron chi connectivity index (χ2n) is 10.4. The van der Waals surface area contributed by atoms with Crippen molar-refractivity contribution >= 4 is 24.0 Å². The van der Waals surface area contributed by atoms with Gasteiger partial charge in [0.2, 0.25) is 0 Å². The number of esters is 2. The fraction of sp³-hybridized carbons (Fsp3) is 0.920. The number of hydrogen-bond donors (Lipinski definition) is 0. The molecule has 25 heteroatoms. The van der Waals surface area contributed by atoms with Crippen LogP contribution in [0, 0.1) is 0 Å². The van der Waals surface area contributed by atoms with Crippen LogP contribution in [-0.2, 0) is 28.4 Å². The third kappa shape index (κ3) is 12.3. The maximum Gasteiger partial charge on any atom is 1.00 e. The molecule has 50 heavy (non-hydrogen) atoms. The Morgan fingerprint density at radius 2 is 1.06 bits per heavy atom. The Morgan fingerprint density at radius 3 is 1.50 bits per heavy atom. The van der Waals surface area contributed by atoms with Crippen molar-refractivity contribution in [3.05, 3.63) is 0 Å². The maximum absolute atomic E-state index is 14.1. The molecule has 7 nitrogen and oxygen atoms in total. The van der Waals surface area contributed by atoms with E-state index < -0.39 is 90.1 Å². The van der Waals surface area contributed by atoms with Crippen LogP contribution in [0.2, 0.25) is 0 Å². The van der Waals surface area contributed by atoms with Gasteiger partial charge in [-0.05, 0) is 6.42 Å². The summed E-state index contributed by atoms with van der Waals surface area (Å²) in [5, 5.41) is 10.5. The summed E-state index contributed by atoms with van der Waals surface area (Å²) in [6.07, 6.45) is 1.59. The van der Waals surface area contributed by atoms with Crippen molar-refractivity contribution < 1.29 is 133 Å². The SMILES string of the molecule is CCCCCCCCCCCCOC(=O)CC(SOO[O-])C(=O)OCC(F)(F)C(F)(F)C(F)(F)C(F)(F)C(F)(F)C(F)(F)C(F)(F)C(F)F.[Na+]. The fourth-order valence-corrected chi connectivity index (χ4v) is 4.20. The third-order valence-electron chi connectivity index (χ3n) is 6.68. The molecule has 0 fully saturated rings. The fourth-order valence-electron chi connectivity index (χ4n) is 3.72. The molecule has 0 bridgehead atoms. The summed E-state index contributed by atoms with van der Waals surface area (Å²) in [5.74, 6) is -60.0. The first kappa shape index (κ1) is 51.2. The third-order valence-corrected chi connectivity index (χ3v) is 7.41. The standard InChI is InChI=1S/C25H32F16O7S.Na/c1-2-3-4-5-6-7-8-9-10-11-12-45-16(42)13-15(49-48-47-44)17(43)46-14-19(28,29)21(32,33)23(36,37)25(40,41)24(38,39)22(34,35)20(30,31)18(26)27;/h15,18,44H,2-14H2,1H3;/q;+1/p-1. The van der Waals surface area contributed by atoms with Crippen molar-refractivity contribution in [1.82, 2.24) is 0 Å². The van der Waals surface area contributed by atoms with Crippen LogP contribution in [0.4, 0.5) is 70.2 Å². The predicted octanol–water partition coefficient (Wildman–Crippen LogP) is 5.34. The second-order valence-corrected chi connectivity index (χ2v) is 11.3. The molecule has 0 saturated carbocycles. The number of rotatable bonds is 26. The molecule has 0 aromatic rings. The summed E-state index contributed by atoms with van der Waals surface area (Å²) in [7, 11) is 0. The van der Waals surface area contributed by atoms with Crippen molar-refractivity contribution in [3.8, 4) is 0 Å². The van der Waals surface area contributed by atoms with Gasteiger partial charge in [0.1, 0.15) is 5.25 Å². The zero-order chi connectivity index (χ0) is 38.5. The molecule has 0 aliphatic heterocycles. The molecule has 1 atom stereocenters. The van der Waals surface area contributed by atoms with Gasteiger partial charge in [-0.3, -0.25) is 14.6 Å². The summed E-state index contributed by atoms with van der Waals surface area (Å²) in [5.41, 5.74) is 0. The minimum absolute atomic E-state index is 0. The van der Waals surface area contributed by atoms with Crippen molar-refractivity contribution in [2.45, 2.75) is 131 Å². The summed E-state index contributed by atoms with van der Waals surface area (Å²) >= 11 is -0.529. The van der Waals surface area contributed by atoms with Crippen LogP contribution in [0.25, 0.3) is 0 Å². The van der Waals surface area contributed by atoms with Crippen molar-refractivity contribution in [2.24, 2.45) is 0 Å². The van der Waals surface area contributed by atoms with Crippen molar-refractivity contribution in [2.75, 3.05) is 13.2 Å². The molecule has 0 aliphatic carbocycles. The summed E-state index contributed by atoms with van der Waals surface area (Å²) in [6, 6.07) is 0. The van der Waals surface area contributed by atoms with E-state index in [1.807, 2.05) is 0 Å². The van der Waals surface area contributed by atoms with E-state index >= 15 is 0 Å². The molecule has 1 unspecified atom stereocenters. The number of carbonyl (C=O) groups is 2. The molecule has 0 aliphatic rings. The number of halogens is 16. The van der Waals surface area contributed by atoms with Crippen LogP contribution in [0.3, 0.4) is 0 Å². The molecular formula is C25H31F16NaO7S. The number of alkyl halides is 16. The van der Waals surface area contributed by atoms with Gasteiger partial charge in [0, 0.05) is 12.0 Å². The van der Waals surface area contributed by atoms with Gasteiger partial charge in [0.15, 0.2) is 6.61 Å². The Labute approximate surface area is 300 Å². The molecule has 0 N–H and O–H groups in total. The van der Waals surface area contributed by atoms with Gasteiger partial charge < -0.3 is 14.7 Å². The van der Waals surface area contributed by atoms with Crippen molar-refractivity contribution in [3.63, 3.8) is 0 Å². The molecule has 0 radical (unpaired) electrons. The quantitative estimate of drug-likeness (QED) is 0.0220. The molecular weight excluding hydrogens is 771 g/mol. The van der Waals surface area contributed by atoms with Crippen molar-refractivity contribution in [1.29, 1.82) is 0 Å². The van der Waals surface area contributed by atoms with E-state index in [9.17, 15) is 85.1 Å². The molecule has 0 amide bonds. The van der Waals surface area contributed by atoms with E-state index in [4.69, 9.17) is 4.74 Å². The number of carbonyl (C=O) groups excluding carboxylic acids is 2. The Kier molecular flexibility index (Phi) is 21.6. The Hall–Kier alpha value is -0.950. The van der Waals surface area contributed by atoms with Gasteiger partial charge in [0.05, 0.1) is 13.0 Å². The average molecular weight is 803 g/mol. The smallest absolute Gasteiger partial charge is 0.691 e. The Bertz CT molecular complexity index is 1020. The van der Waals surface area contributed by atoms with Gasteiger partial charge in [-0.25, -0.2) is 8.78 Å². The summed E-state index contributed by atoms with van der Waals surface area (Å²) in [4.78, 5) is 24.0. The normalized spacial score (nSPS) is 14.4. The van der Waals surface area contributed by atoms with Gasteiger partial charge in [-0.2, -0.15) is 65.8 Å². The first-order chi connectivity index (χ1) is 22.2. The first-order valence-electron chi connectivity index (χ1n) is 14.1. The van der Waals surface area contributed by atoms with Crippen LogP contribution in [0.1, 0.15) is 77.6 Å². The molecule has 0 spiro atoms. The zero-order valence-corrected chi connectivity index (χ0v) is 29.0.